The van der Waals surface area contributed by atoms with E-state index in [1.807, 2.05) is 0 Å². The van der Waals surface area contributed by atoms with Crippen LogP contribution in [0, 0.1) is 0 Å². The summed E-state index contributed by atoms with van der Waals surface area (Å²) in [7, 11) is 1.56. The van der Waals surface area contributed by atoms with Gasteiger partial charge in [0.05, 0.1) is 23.4 Å². The second-order valence-electron chi connectivity index (χ2n) is 3.12. The third-order valence-electron chi connectivity index (χ3n) is 2.13. The van der Waals surface area contributed by atoms with Gasteiger partial charge >= 0.3 is 0 Å². The fraction of sp³-hybridized carbons (Fsp3) is 0.0909. The molecule has 2 rings (SSSR count). The molecule has 0 aliphatic carbocycles. The SMILES string of the molecule is COc1cccc(Cl)c1-c1ccc(=O)[nH]n1. The molecule has 82 valence electrons. The Kier molecular flexibility index (Phi) is 2.92. The number of hydrogen-bond donors (Lipinski definition) is 1. The molecule has 0 radical (unpaired) electrons. The lowest BCUT2D eigenvalue weighted by molar-refractivity contribution is 0.416. The Bertz CT molecular complexity index is 546. The van der Waals surface area contributed by atoms with Gasteiger partial charge in [0.2, 0.25) is 0 Å². The Labute approximate surface area is 96.8 Å². The van der Waals surface area contributed by atoms with Crippen LogP contribution in [0.3, 0.4) is 0 Å². The minimum atomic E-state index is -0.255. The highest BCUT2D eigenvalue weighted by Crippen LogP contribution is 2.34. The summed E-state index contributed by atoms with van der Waals surface area (Å²) in [5, 5.41) is 6.80. The van der Waals surface area contributed by atoms with Crippen LogP contribution < -0.4 is 10.3 Å². The first kappa shape index (κ1) is 10.7. The summed E-state index contributed by atoms with van der Waals surface area (Å²) in [4.78, 5) is 10.9. The van der Waals surface area contributed by atoms with Gasteiger partial charge in [-0.3, -0.25) is 4.79 Å². The zero-order valence-corrected chi connectivity index (χ0v) is 9.28. The molecule has 0 spiro atoms. The minimum absolute atomic E-state index is 0.255. The van der Waals surface area contributed by atoms with Crippen molar-refractivity contribution in [3.8, 4) is 17.0 Å². The number of halogens is 1. The fourth-order valence-corrected chi connectivity index (χ4v) is 1.67. The van der Waals surface area contributed by atoms with Crippen molar-refractivity contribution < 1.29 is 4.74 Å². The Morgan fingerprint density at radius 2 is 2.12 bits per heavy atom. The standard InChI is InChI=1S/C11H9ClN2O2/c1-16-9-4-2-3-7(12)11(9)8-5-6-10(15)14-13-8/h2-6H,1H3,(H,14,15). The van der Waals surface area contributed by atoms with Gasteiger partial charge in [0.25, 0.3) is 5.56 Å². The zero-order valence-electron chi connectivity index (χ0n) is 8.53. The summed E-state index contributed by atoms with van der Waals surface area (Å²) in [5.74, 6) is 0.618. The zero-order chi connectivity index (χ0) is 11.5. The predicted octanol–water partition coefficient (Wildman–Crippen LogP) is 2.10. The van der Waals surface area contributed by atoms with E-state index in [4.69, 9.17) is 16.3 Å². The molecule has 1 aromatic heterocycles. The van der Waals surface area contributed by atoms with Crippen molar-refractivity contribution in [3.63, 3.8) is 0 Å². The first-order valence-corrected chi connectivity index (χ1v) is 4.99. The predicted molar refractivity (Wildman–Crippen MR) is 61.9 cm³/mol. The van der Waals surface area contributed by atoms with Gasteiger partial charge in [-0.05, 0) is 18.2 Å². The van der Waals surface area contributed by atoms with Crippen LogP contribution in [0.15, 0.2) is 35.1 Å². The summed E-state index contributed by atoms with van der Waals surface area (Å²) in [6.45, 7) is 0. The monoisotopic (exact) mass is 236 g/mol. The molecule has 1 aromatic carbocycles. The van der Waals surface area contributed by atoms with E-state index >= 15 is 0 Å². The van der Waals surface area contributed by atoms with Gasteiger partial charge in [-0.2, -0.15) is 5.10 Å². The number of hydrogen-bond acceptors (Lipinski definition) is 3. The third kappa shape index (κ3) is 1.92. The largest absolute Gasteiger partial charge is 0.496 e. The number of benzene rings is 1. The molecule has 0 saturated carbocycles. The Hall–Kier alpha value is -1.81. The first-order chi connectivity index (χ1) is 7.72. The van der Waals surface area contributed by atoms with E-state index in [-0.39, 0.29) is 5.56 Å². The molecule has 0 fully saturated rings. The van der Waals surface area contributed by atoms with Gasteiger partial charge in [-0.15, -0.1) is 0 Å². The Morgan fingerprint density at radius 3 is 2.75 bits per heavy atom. The summed E-state index contributed by atoms with van der Waals surface area (Å²) in [6.07, 6.45) is 0. The van der Waals surface area contributed by atoms with Gasteiger partial charge in [0.15, 0.2) is 0 Å². The normalized spacial score (nSPS) is 10.1. The molecule has 2 aromatic rings. The topological polar surface area (TPSA) is 55.0 Å². The summed E-state index contributed by atoms with van der Waals surface area (Å²) in [6, 6.07) is 8.31. The van der Waals surface area contributed by atoms with Crippen molar-refractivity contribution in [1.82, 2.24) is 10.2 Å². The molecule has 5 heteroatoms. The molecule has 1 heterocycles. The van der Waals surface area contributed by atoms with E-state index in [0.717, 1.165) is 0 Å². The lowest BCUT2D eigenvalue weighted by Gasteiger charge is -2.08. The second kappa shape index (κ2) is 4.37. The number of nitrogens with one attached hydrogen (secondary N) is 1. The quantitative estimate of drug-likeness (QED) is 0.869. The van der Waals surface area contributed by atoms with Crippen LogP contribution in [0.5, 0.6) is 5.75 Å². The number of aromatic amines is 1. The van der Waals surface area contributed by atoms with Gasteiger partial charge in [-0.1, -0.05) is 17.7 Å². The van der Waals surface area contributed by atoms with E-state index in [1.54, 1.807) is 31.4 Å². The van der Waals surface area contributed by atoms with Crippen LogP contribution in [0.2, 0.25) is 5.02 Å². The Morgan fingerprint density at radius 1 is 1.31 bits per heavy atom. The average Bonchev–Trinajstić information content (AvgIpc) is 2.30. The van der Waals surface area contributed by atoms with Gasteiger partial charge < -0.3 is 4.74 Å². The molecule has 0 bridgehead atoms. The van der Waals surface area contributed by atoms with Crippen LogP contribution in [-0.2, 0) is 0 Å². The molecular weight excluding hydrogens is 228 g/mol. The summed E-state index contributed by atoms with van der Waals surface area (Å²) in [5.41, 5.74) is 0.986. The highest BCUT2D eigenvalue weighted by Gasteiger charge is 2.11. The maximum absolute atomic E-state index is 10.9. The molecule has 0 amide bonds. The lowest BCUT2D eigenvalue weighted by Crippen LogP contribution is -2.06. The average molecular weight is 237 g/mol. The third-order valence-corrected chi connectivity index (χ3v) is 2.45. The van der Waals surface area contributed by atoms with Crippen LogP contribution in [-0.4, -0.2) is 17.3 Å². The van der Waals surface area contributed by atoms with E-state index in [9.17, 15) is 4.79 Å². The smallest absolute Gasteiger partial charge is 0.264 e. The van der Waals surface area contributed by atoms with Crippen LogP contribution in [0.4, 0.5) is 0 Å². The Balaban J connectivity index is 2.63. The van der Waals surface area contributed by atoms with Crippen molar-refractivity contribution in [2.45, 2.75) is 0 Å². The molecular formula is C11H9ClN2O2. The van der Waals surface area contributed by atoms with Crippen LogP contribution in [0.25, 0.3) is 11.3 Å². The van der Waals surface area contributed by atoms with Crippen molar-refractivity contribution in [1.29, 1.82) is 0 Å². The van der Waals surface area contributed by atoms with Gasteiger partial charge in [0, 0.05) is 6.07 Å². The highest BCUT2D eigenvalue weighted by molar-refractivity contribution is 6.33. The van der Waals surface area contributed by atoms with Crippen molar-refractivity contribution >= 4 is 11.6 Å². The molecule has 0 atom stereocenters. The van der Waals surface area contributed by atoms with Crippen molar-refractivity contribution in [3.05, 3.63) is 45.7 Å². The molecule has 0 aliphatic rings. The highest BCUT2D eigenvalue weighted by atomic mass is 35.5. The number of methoxy groups -OCH3 is 1. The maximum Gasteiger partial charge on any atom is 0.264 e. The van der Waals surface area contributed by atoms with E-state index in [2.05, 4.69) is 10.2 Å². The molecule has 16 heavy (non-hydrogen) atoms. The van der Waals surface area contributed by atoms with Gasteiger partial charge in [-0.25, -0.2) is 5.10 Å². The molecule has 0 aliphatic heterocycles. The first-order valence-electron chi connectivity index (χ1n) is 4.61. The molecule has 1 N–H and O–H groups in total. The van der Waals surface area contributed by atoms with Crippen LogP contribution >= 0.6 is 11.6 Å². The number of rotatable bonds is 2. The molecule has 0 saturated heterocycles. The van der Waals surface area contributed by atoms with E-state index in [1.165, 1.54) is 6.07 Å². The number of ether oxygens (including phenoxy) is 1. The van der Waals surface area contributed by atoms with Crippen molar-refractivity contribution in [2.75, 3.05) is 7.11 Å². The fourth-order valence-electron chi connectivity index (χ4n) is 1.41. The van der Waals surface area contributed by atoms with Gasteiger partial charge in [0.1, 0.15) is 5.75 Å². The minimum Gasteiger partial charge on any atom is -0.496 e. The van der Waals surface area contributed by atoms with E-state index in [0.29, 0.717) is 22.0 Å². The second-order valence-corrected chi connectivity index (χ2v) is 3.53. The molecule has 0 unspecified atom stereocenters. The van der Waals surface area contributed by atoms with E-state index < -0.39 is 0 Å². The van der Waals surface area contributed by atoms with Crippen molar-refractivity contribution in [2.24, 2.45) is 0 Å². The molecule has 4 nitrogen and oxygen atoms in total. The lowest BCUT2D eigenvalue weighted by atomic mass is 10.1. The maximum atomic E-state index is 10.9. The number of nitrogens with zero attached hydrogens (tertiary/aromatic N) is 1. The summed E-state index contributed by atoms with van der Waals surface area (Å²) < 4.78 is 5.19. The van der Waals surface area contributed by atoms with Crippen LogP contribution in [0.1, 0.15) is 0 Å². The number of H-pyrrole nitrogens is 1. The number of aromatic nitrogens is 2. The summed E-state index contributed by atoms with van der Waals surface area (Å²) >= 11 is 6.07.